The molecule has 2 aromatic carbocycles. The van der Waals surface area contributed by atoms with E-state index in [0.717, 1.165) is 5.56 Å². The molecule has 1 amide bonds. The van der Waals surface area contributed by atoms with E-state index < -0.39 is 10.0 Å². The van der Waals surface area contributed by atoms with Gasteiger partial charge in [-0.15, -0.1) is 0 Å². The molecule has 0 heterocycles. The molecule has 1 N–H and O–H groups in total. The van der Waals surface area contributed by atoms with Crippen LogP contribution in [0.2, 0.25) is 5.02 Å². The average molecular weight is 395 g/mol. The molecule has 0 aliphatic heterocycles. The lowest BCUT2D eigenvalue weighted by Gasteiger charge is -2.19. The minimum absolute atomic E-state index is 0.178. The highest BCUT2D eigenvalue weighted by Gasteiger charge is 2.22. The van der Waals surface area contributed by atoms with Crippen molar-refractivity contribution in [2.24, 2.45) is 0 Å². The number of sulfonamides is 1. The van der Waals surface area contributed by atoms with Gasteiger partial charge in [-0.25, -0.2) is 8.42 Å². The normalized spacial score (nSPS) is 12.8. The van der Waals surface area contributed by atoms with Crippen molar-refractivity contribution < 1.29 is 13.2 Å². The van der Waals surface area contributed by atoms with Gasteiger partial charge in [-0.2, -0.15) is 4.31 Å². The number of benzene rings is 2. The van der Waals surface area contributed by atoms with Crippen molar-refractivity contribution in [3.05, 3.63) is 64.7 Å². The lowest BCUT2D eigenvalue weighted by atomic mass is 10.1. The zero-order valence-electron chi connectivity index (χ0n) is 15.1. The van der Waals surface area contributed by atoms with Crippen molar-refractivity contribution in [3.63, 3.8) is 0 Å². The summed E-state index contributed by atoms with van der Waals surface area (Å²) < 4.78 is 26.3. The Morgan fingerprint density at radius 3 is 2.19 bits per heavy atom. The van der Waals surface area contributed by atoms with Crippen LogP contribution >= 0.6 is 11.6 Å². The summed E-state index contributed by atoms with van der Waals surface area (Å²) in [5, 5.41) is 3.46. The average Bonchev–Trinajstić information content (AvgIpc) is 2.62. The van der Waals surface area contributed by atoms with Crippen LogP contribution < -0.4 is 5.32 Å². The standard InChI is InChI=1S/C19H23ClN2O3S/c1-4-22(5-2)26(24,25)16-12-10-15(11-13-16)19(23)21-14(3)17-8-6-7-9-18(17)20/h6-14H,4-5H2,1-3H3,(H,21,23). The predicted molar refractivity (Wildman–Crippen MR) is 104 cm³/mol. The van der Waals surface area contributed by atoms with Crippen molar-refractivity contribution in [1.82, 2.24) is 9.62 Å². The third-order valence-electron chi connectivity index (χ3n) is 4.18. The maximum atomic E-state index is 12.5. The Kier molecular flexibility index (Phi) is 6.81. The monoisotopic (exact) mass is 394 g/mol. The molecule has 0 aromatic heterocycles. The Morgan fingerprint density at radius 1 is 1.08 bits per heavy atom. The van der Waals surface area contributed by atoms with Crippen LogP contribution in [0, 0.1) is 0 Å². The number of nitrogens with zero attached hydrogens (tertiary/aromatic N) is 1. The van der Waals surface area contributed by atoms with E-state index in [-0.39, 0.29) is 16.8 Å². The molecule has 1 unspecified atom stereocenters. The SMILES string of the molecule is CCN(CC)S(=O)(=O)c1ccc(C(=O)NC(C)c2ccccc2Cl)cc1. The summed E-state index contributed by atoms with van der Waals surface area (Å²) in [4.78, 5) is 12.6. The molecule has 0 spiro atoms. The number of nitrogens with one attached hydrogen (secondary N) is 1. The van der Waals surface area contributed by atoms with Gasteiger partial charge in [-0.3, -0.25) is 4.79 Å². The number of hydrogen-bond donors (Lipinski definition) is 1. The second-order valence-corrected chi connectivity index (χ2v) is 8.18. The molecule has 7 heteroatoms. The molecule has 140 valence electrons. The van der Waals surface area contributed by atoms with Crippen molar-refractivity contribution in [1.29, 1.82) is 0 Å². The van der Waals surface area contributed by atoms with Crippen LogP contribution in [0.5, 0.6) is 0 Å². The largest absolute Gasteiger partial charge is 0.345 e. The summed E-state index contributed by atoms with van der Waals surface area (Å²) in [6, 6.07) is 13.0. The Bertz CT molecular complexity index is 863. The molecule has 0 aliphatic carbocycles. The first-order valence-corrected chi connectivity index (χ1v) is 10.3. The minimum atomic E-state index is -3.53. The molecule has 0 saturated heterocycles. The number of hydrogen-bond acceptors (Lipinski definition) is 3. The van der Waals surface area contributed by atoms with Gasteiger partial charge in [-0.1, -0.05) is 43.6 Å². The predicted octanol–water partition coefficient (Wildman–Crippen LogP) is 3.86. The Balaban J connectivity index is 2.15. The summed E-state index contributed by atoms with van der Waals surface area (Å²) in [5.41, 5.74) is 1.21. The molecule has 0 bridgehead atoms. The fraction of sp³-hybridized carbons (Fsp3) is 0.316. The molecule has 0 aliphatic rings. The summed E-state index contributed by atoms with van der Waals surface area (Å²) in [7, 11) is -3.53. The van der Waals surface area contributed by atoms with Crippen LogP contribution in [0.4, 0.5) is 0 Å². The van der Waals surface area contributed by atoms with Crippen molar-refractivity contribution in [2.45, 2.75) is 31.7 Å². The van der Waals surface area contributed by atoms with Crippen LogP contribution in [0.25, 0.3) is 0 Å². The number of halogens is 1. The lowest BCUT2D eigenvalue weighted by Crippen LogP contribution is -2.30. The van der Waals surface area contributed by atoms with E-state index in [1.807, 2.05) is 25.1 Å². The first-order chi connectivity index (χ1) is 12.3. The van der Waals surface area contributed by atoms with Gasteiger partial charge in [-0.05, 0) is 42.8 Å². The van der Waals surface area contributed by atoms with E-state index in [0.29, 0.717) is 23.7 Å². The quantitative estimate of drug-likeness (QED) is 0.775. The molecule has 0 fully saturated rings. The molecule has 26 heavy (non-hydrogen) atoms. The fourth-order valence-electron chi connectivity index (χ4n) is 2.67. The molecule has 2 aromatic rings. The Labute approximate surface area is 160 Å². The number of carbonyl (C=O) groups excluding carboxylic acids is 1. The molecular weight excluding hydrogens is 372 g/mol. The van der Waals surface area contributed by atoms with Crippen molar-refractivity contribution in [3.8, 4) is 0 Å². The van der Waals surface area contributed by atoms with E-state index in [4.69, 9.17) is 11.6 Å². The second-order valence-electron chi connectivity index (χ2n) is 5.83. The molecular formula is C19H23ClN2O3S. The van der Waals surface area contributed by atoms with Gasteiger partial charge >= 0.3 is 0 Å². The van der Waals surface area contributed by atoms with Gasteiger partial charge in [0.1, 0.15) is 0 Å². The molecule has 0 radical (unpaired) electrons. The molecule has 5 nitrogen and oxygen atoms in total. The topological polar surface area (TPSA) is 66.5 Å². The number of amides is 1. The highest BCUT2D eigenvalue weighted by molar-refractivity contribution is 7.89. The van der Waals surface area contributed by atoms with E-state index >= 15 is 0 Å². The van der Waals surface area contributed by atoms with E-state index in [2.05, 4.69) is 5.32 Å². The van der Waals surface area contributed by atoms with Gasteiger partial charge in [0.25, 0.3) is 5.91 Å². The third-order valence-corrected chi connectivity index (χ3v) is 6.59. The first-order valence-electron chi connectivity index (χ1n) is 8.46. The maximum Gasteiger partial charge on any atom is 0.251 e. The highest BCUT2D eigenvalue weighted by atomic mass is 35.5. The summed E-state index contributed by atoms with van der Waals surface area (Å²) in [6.07, 6.45) is 0. The Morgan fingerprint density at radius 2 is 1.65 bits per heavy atom. The zero-order chi connectivity index (χ0) is 19.3. The Hall–Kier alpha value is -1.89. The van der Waals surface area contributed by atoms with Crippen molar-refractivity contribution in [2.75, 3.05) is 13.1 Å². The maximum absolute atomic E-state index is 12.5. The van der Waals surface area contributed by atoms with Gasteiger partial charge in [0.2, 0.25) is 10.0 Å². The van der Waals surface area contributed by atoms with E-state index in [1.54, 1.807) is 19.9 Å². The third kappa shape index (κ3) is 4.44. The van der Waals surface area contributed by atoms with Gasteiger partial charge in [0.05, 0.1) is 10.9 Å². The number of rotatable bonds is 7. The van der Waals surface area contributed by atoms with Crippen molar-refractivity contribution >= 4 is 27.5 Å². The van der Waals surface area contributed by atoms with Gasteiger partial charge in [0.15, 0.2) is 0 Å². The molecule has 0 saturated carbocycles. The fourth-order valence-corrected chi connectivity index (χ4v) is 4.43. The summed E-state index contributed by atoms with van der Waals surface area (Å²) >= 11 is 6.15. The summed E-state index contributed by atoms with van der Waals surface area (Å²) in [5.74, 6) is -0.288. The second kappa shape index (κ2) is 8.66. The van der Waals surface area contributed by atoms with Crippen LogP contribution in [-0.4, -0.2) is 31.7 Å². The smallest absolute Gasteiger partial charge is 0.251 e. The summed E-state index contributed by atoms with van der Waals surface area (Å²) in [6.45, 7) is 6.23. The van der Waals surface area contributed by atoms with Gasteiger partial charge < -0.3 is 5.32 Å². The lowest BCUT2D eigenvalue weighted by molar-refractivity contribution is 0.0940. The van der Waals surface area contributed by atoms with E-state index in [1.165, 1.54) is 28.6 Å². The van der Waals surface area contributed by atoms with Crippen LogP contribution in [0.3, 0.4) is 0 Å². The first kappa shape index (κ1) is 20.4. The molecule has 1 atom stereocenters. The molecule has 2 rings (SSSR count). The highest BCUT2D eigenvalue weighted by Crippen LogP contribution is 2.23. The zero-order valence-corrected chi connectivity index (χ0v) is 16.6. The van der Waals surface area contributed by atoms with Crippen LogP contribution in [-0.2, 0) is 10.0 Å². The van der Waals surface area contributed by atoms with Crippen LogP contribution in [0.1, 0.15) is 42.7 Å². The number of carbonyl (C=O) groups is 1. The van der Waals surface area contributed by atoms with Gasteiger partial charge in [0, 0.05) is 23.7 Å². The van der Waals surface area contributed by atoms with E-state index in [9.17, 15) is 13.2 Å². The van der Waals surface area contributed by atoms with Crippen LogP contribution in [0.15, 0.2) is 53.4 Å². The minimum Gasteiger partial charge on any atom is -0.345 e.